The van der Waals surface area contributed by atoms with Gasteiger partial charge in [-0.1, -0.05) is 36.7 Å². The number of hydrogen-bond acceptors (Lipinski definition) is 2. The summed E-state index contributed by atoms with van der Waals surface area (Å²) in [6, 6.07) is 8.05. The van der Waals surface area contributed by atoms with Crippen LogP contribution in [-0.2, 0) is 4.74 Å². The molecule has 1 unspecified atom stereocenters. The molecule has 0 spiro atoms. The second kappa shape index (κ2) is 6.39. The molecule has 3 heteroatoms. The van der Waals surface area contributed by atoms with E-state index >= 15 is 0 Å². The standard InChI is InChI=1S/C14H22ClNO/c1-5-16-13(10-17-14(2,3)4)11-8-6-7-9-12(11)15/h6-9,13,16H,5,10H2,1-4H3. The van der Waals surface area contributed by atoms with Crippen LogP contribution in [0.25, 0.3) is 0 Å². The van der Waals surface area contributed by atoms with Gasteiger partial charge in [0.1, 0.15) is 0 Å². The minimum atomic E-state index is -0.130. The maximum absolute atomic E-state index is 6.21. The van der Waals surface area contributed by atoms with Crippen molar-refractivity contribution in [2.24, 2.45) is 0 Å². The van der Waals surface area contributed by atoms with Crippen molar-refractivity contribution >= 4 is 11.6 Å². The van der Waals surface area contributed by atoms with Gasteiger partial charge in [-0.15, -0.1) is 0 Å². The maximum Gasteiger partial charge on any atom is 0.0669 e. The maximum atomic E-state index is 6.21. The summed E-state index contributed by atoms with van der Waals surface area (Å²) in [7, 11) is 0. The van der Waals surface area contributed by atoms with Crippen molar-refractivity contribution < 1.29 is 4.74 Å². The Hall–Kier alpha value is -0.570. The Balaban J connectivity index is 2.75. The van der Waals surface area contributed by atoms with E-state index in [0.29, 0.717) is 6.61 Å². The van der Waals surface area contributed by atoms with Crippen LogP contribution in [0.15, 0.2) is 24.3 Å². The van der Waals surface area contributed by atoms with Gasteiger partial charge in [0.15, 0.2) is 0 Å². The Kier molecular flexibility index (Phi) is 5.44. The van der Waals surface area contributed by atoms with Crippen LogP contribution in [0.3, 0.4) is 0 Å². The van der Waals surface area contributed by atoms with Crippen LogP contribution in [0.5, 0.6) is 0 Å². The van der Waals surface area contributed by atoms with Crippen molar-refractivity contribution in [2.75, 3.05) is 13.2 Å². The molecule has 0 aliphatic carbocycles. The lowest BCUT2D eigenvalue weighted by Gasteiger charge is -2.25. The van der Waals surface area contributed by atoms with Gasteiger partial charge in [0, 0.05) is 5.02 Å². The van der Waals surface area contributed by atoms with Gasteiger partial charge in [-0.2, -0.15) is 0 Å². The van der Waals surface area contributed by atoms with E-state index in [4.69, 9.17) is 16.3 Å². The van der Waals surface area contributed by atoms with E-state index in [-0.39, 0.29) is 11.6 Å². The number of halogens is 1. The number of benzene rings is 1. The van der Waals surface area contributed by atoms with E-state index in [1.54, 1.807) is 0 Å². The zero-order valence-electron chi connectivity index (χ0n) is 11.1. The zero-order chi connectivity index (χ0) is 12.9. The third kappa shape index (κ3) is 5.07. The minimum Gasteiger partial charge on any atom is -0.374 e. The number of ether oxygens (including phenoxy) is 1. The van der Waals surface area contributed by atoms with E-state index < -0.39 is 0 Å². The summed E-state index contributed by atoms with van der Waals surface area (Å²) in [5.74, 6) is 0. The summed E-state index contributed by atoms with van der Waals surface area (Å²) < 4.78 is 5.83. The van der Waals surface area contributed by atoms with E-state index in [1.165, 1.54) is 0 Å². The summed E-state index contributed by atoms with van der Waals surface area (Å²) in [5.41, 5.74) is 0.967. The molecule has 0 fully saturated rings. The van der Waals surface area contributed by atoms with Crippen LogP contribution in [0.2, 0.25) is 5.02 Å². The highest BCUT2D eigenvalue weighted by molar-refractivity contribution is 6.31. The molecule has 0 bridgehead atoms. The molecule has 0 aliphatic heterocycles. The smallest absolute Gasteiger partial charge is 0.0669 e. The topological polar surface area (TPSA) is 21.3 Å². The number of nitrogens with one attached hydrogen (secondary N) is 1. The summed E-state index contributed by atoms with van der Waals surface area (Å²) in [6.07, 6.45) is 0. The van der Waals surface area contributed by atoms with Gasteiger partial charge in [-0.3, -0.25) is 0 Å². The Morgan fingerprint density at radius 1 is 1.29 bits per heavy atom. The Morgan fingerprint density at radius 2 is 1.94 bits per heavy atom. The van der Waals surface area contributed by atoms with E-state index in [9.17, 15) is 0 Å². The average Bonchev–Trinajstić information content (AvgIpc) is 2.24. The Labute approximate surface area is 109 Å². The third-order valence-corrected chi connectivity index (χ3v) is 2.76. The predicted octanol–water partition coefficient (Wildman–Crippen LogP) is 3.81. The second-order valence-electron chi connectivity index (χ2n) is 5.06. The molecule has 96 valence electrons. The number of hydrogen-bond donors (Lipinski definition) is 1. The first-order chi connectivity index (χ1) is 7.94. The summed E-state index contributed by atoms with van der Waals surface area (Å²) >= 11 is 6.21. The van der Waals surface area contributed by atoms with Crippen molar-refractivity contribution in [3.05, 3.63) is 34.9 Å². The van der Waals surface area contributed by atoms with Gasteiger partial charge in [0.25, 0.3) is 0 Å². The second-order valence-corrected chi connectivity index (χ2v) is 5.46. The Bertz CT molecular complexity index is 346. The molecule has 17 heavy (non-hydrogen) atoms. The van der Waals surface area contributed by atoms with E-state index in [0.717, 1.165) is 17.1 Å². The molecule has 1 aromatic rings. The van der Waals surface area contributed by atoms with Crippen LogP contribution in [0.1, 0.15) is 39.3 Å². The van der Waals surface area contributed by atoms with Crippen molar-refractivity contribution in [1.29, 1.82) is 0 Å². The van der Waals surface area contributed by atoms with Crippen molar-refractivity contribution in [3.8, 4) is 0 Å². The first kappa shape index (κ1) is 14.5. The fraction of sp³-hybridized carbons (Fsp3) is 0.571. The van der Waals surface area contributed by atoms with E-state index in [2.05, 4.69) is 33.0 Å². The quantitative estimate of drug-likeness (QED) is 0.864. The lowest BCUT2D eigenvalue weighted by Crippen LogP contribution is -2.30. The first-order valence-electron chi connectivity index (χ1n) is 6.06. The summed E-state index contributed by atoms with van der Waals surface area (Å²) in [5, 5.41) is 4.19. The van der Waals surface area contributed by atoms with Crippen LogP contribution in [0.4, 0.5) is 0 Å². The molecular weight excluding hydrogens is 234 g/mol. The molecule has 0 aliphatic rings. The molecular formula is C14H22ClNO. The van der Waals surface area contributed by atoms with Gasteiger partial charge < -0.3 is 10.1 Å². The van der Waals surface area contributed by atoms with Gasteiger partial charge in [0.05, 0.1) is 18.2 Å². The van der Waals surface area contributed by atoms with Crippen LogP contribution in [-0.4, -0.2) is 18.8 Å². The molecule has 0 aromatic heterocycles. The zero-order valence-corrected chi connectivity index (χ0v) is 11.8. The lowest BCUT2D eigenvalue weighted by atomic mass is 10.1. The highest BCUT2D eigenvalue weighted by atomic mass is 35.5. The molecule has 1 rings (SSSR count). The van der Waals surface area contributed by atoms with E-state index in [1.807, 2.05) is 24.3 Å². The molecule has 1 aromatic carbocycles. The van der Waals surface area contributed by atoms with Gasteiger partial charge >= 0.3 is 0 Å². The lowest BCUT2D eigenvalue weighted by molar-refractivity contribution is -0.0146. The Morgan fingerprint density at radius 3 is 2.47 bits per heavy atom. The largest absolute Gasteiger partial charge is 0.374 e. The monoisotopic (exact) mass is 255 g/mol. The molecule has 0 radical (unpaired) electrons. The fourth-order valence-electron chi connectivity index (χ4n) is 1.60. The molecule has 0 saturated carbocycles. The highest BCUT2D eigenvalue weighted by Crippen LogP contribution is 2.24. The average molecular weight is 256 g/mol. The molecule has 0 amide bonds. The normalized spacial score (nSPS) is 13.7. The van der Waals surface area contributed by atoms with Crippen molar-refractivity contribution in [1.82, 2.24) is 5.32 Å². The molecule has 1 atom stereocenters. The molecule has 1 N–H and O–H groups in total. The molecule has 2 nitrogen and oxygen atoms in total. The predicted molar refractivity (Wildman–Crippen MR) is 73.6 cm³/mol. The number of likely N-dealkylation sites (N-methyl/N-ethyl adjacent to an activating group) is 1. The summed E-state index contributed by atoms with van der Waals surface area (Å²) in [6.45, 7) is 9.78. The fourth-order valence-corrected chi connectivity index (χ4v) is 1.86. The first-order valence-corrected chi connectivity index (χ1v) is 6.43. The van der Waals surface area contributed by atoms with Crippen molar-refractivity contribution in [2.45, 2.75) is 39.3 Å². The van der Waals surface area contributed by atoms with Crippen LogP contribution in [0, 0.1) is 0 Å². The minimum absolute atomic E-state index is 0.130. The van der Waals surface area contributed by atoms with Gasteiger partial charge in [0.2, 0.25) is 0 Å². The van der Waals surface area contributed by atoms with Crippen LogP contribution >= 0.6 is 11.6 Å². The SMILES string of the molecule is CCNC(COC(C)(C)C)c1ccccc1Cl. The summed E-state index contributed by atoms with van der Waals surface area (Å²) in [4.78, 5) is 0. The van der Waals surface area contributed by atoms with Crippen LogP contribution < -0.4 is 5.32 Å². The van der Waals surface area contributed by atoms with Crippen molar-refractivity contribution in [3.63, 3.8) is 0 Å². The molecule has 0 heterocycles. The highest BCUT2D eigenvalue weighted by Gasteiger charge is 2.17. The van der Waals surface area contributed by atoms with Gasteiger partial charge in [-0.25, -0.2) is 0 Å². The van der Waals surface area contributed by atoms with Gasteiger partial charge in [-0.05, 0) is 38.9 Å². The third-order valence-electron chi connectivity index (χ3n) is 2.41. The molecule has 0 saturated heterocycles. The number of rotatable bonds is 5.